The van der Waals surface area contributed by atoms with Gasteiger partial charge in [-0.2, -0.15) is 0 Å². The number of aliphatic hydroxyl groups is 1. The molecule has 2 aliphatic carbocycles. The van der Waals surface area contributed by atoms with Gasteiger partial charge in [-0.3, -0.25) is 4.79 Å². The van der Waals surface area contributed by atoms with Crippen molar-refractivity contribution in [1.82, 2.24) is 0 Å². The molecule has 1 saturated carbocycles. The van der Waals surface area contributed by atoms with Crippen LogP contribution in [0.2, 0.25) is 0 Å². The zero-order valence-corrected chi connectivity index (χ0v) is 11.0. The van der Waals surface area contributed by atoms with Crippen LogP contribution in [0.4, 0.5) is 0 Å². The van der Waals surface area contributed by atoms with Crippen LogP contribution in [0.3, 0.4) is 0 Å². The van der Waals surface area contributed by atoms with E-state index in [0.29, 0.717) is 6.42 Å². The van der Waals surface area contributed by atoms with Crippen molar-refractivity contribution in [1.29, 1.82) is 0 Å². The third-order valence-corrected chi connectivity index (χ3v) is 5.03. The zero-order valence-electron chi connectivity index (χ0n) is 11.0. The predicted octanol–water partition coefficient (Wildman–Crippen LogP) is 2.51. The minimum Gasteiger partial charge on any atom is -0.481 e. The van der Waals surface area contributed by atoms with E-state index in [1.165, 1.54) is 0 Å². The monoisotopic (exact) mass is 260 g/mol. The van der Waals surface area contributed by atoms with Crippen molar-refractivity contribution in [2.45, 2.75) is 50.0 Å². The molecule has 0 aromatic heterocycles. The second-order valence-electron chi connectivity index (χ2n) is 5.89. The molecule has 3 heteroatoms. The Hall–Kier alpha value is -1.35. The fraction of sp³-hybridized carbons (Fsp3) is 0.562. The molecule has 102 valence electrons. The van der Waals surface area contributed by atoms with Crippen molar-refractivity contribution in [3.8, 4) is 0 Å². The summed E-state index contributed by atoms with van der Waals surface area (Å²) in [6.07, 6.45) is 4.56. The van der Waals surface area contributed by atoms with E-state index in [2.05, 4.69) is 0 Å². The van der Waals surface area contributed by atoms with Crippen LogP contribution in [0, 0.1) is 5.92 Å². The number of aliphatic carboxylic acids is 1. The summed E-state index contributed by atoms with van der Waals surface area (Å²) in [5.74, 6) is -0.897. The maximum absolute atomic E-state index is 12.0. The summed E-state index contributed by atoms with van der Waals surface area (Å²) in [6.45, 7) is 0. The van der Waals surface area contributed by atoms with E-state index >= 15 is 0 Å². The molecule has 3 nitrogen and oxygen atoms in total. The van der Waals surface area contributed by atoms with Crippen LogP contribution in [0.15, 0.2) is 24.3 Å². The zero-order chi connectivity index (χ0) is 13.5. The Morgan fingerprint density at radius 3 is 2.68 bits per heavy atom. The summed E-state index contributed by atoms with van der Waals surface area (Å²) in [7, 11) is 0. The fourth-order valence-corrected chi connectivity index (χ4v) is 4.09. The summed E-state index contributed by atoms with van der Waals surface area (Å²) in [4.78, 5) is 12.0. The molecule has 0 spiro atoms. The van der Waals surface area contributed by atoms with Crippen LogP contribution in [-0.2, 0) is 16.6 Å². The summed E-state index contributed by atoms with van der Waals surface area (Å²) in [5.41, 5.74) is 1.22. The number of carbonyl (C=O) groups is 1. The van der Waals surface area contributed by atoms with E-state index in [9.17, 15) is 15.0 Å². The lowest BCUT2D eigenvalue weighted by atomic mass is 9.64. The molecule has 1 aromatic rings. The smallest absolute Gasteiger partial charge is 0.314 e. The minimum absolute atomic E-state index is 0.137. The maximum atomic E-state index is 12.0. The van der Waals surface area contributed by atoms with Crippen LogP contribution < -0.4 is 0 Å². The molecule has 0 amide bonds. The molecule has 1 fully saturated rings. The standard InChI is InChI=1S/C16H20O3/c17-14-8-4-3-7-13(14)16(15(18)19)10-9-11-5-1-2-6-12(11)16/h1-2,5-6,13-14,17H,3-4,7-10H2,(H,18,19). The SMILES string of the molecule is O=C(O)C1(C2CCCCC2O)CCc2ccccc21. The van der Waals surface area contributed by atoms with Gasteiger partial charge >= 0.3 is 5.97 Å². The highest BCUT2D eigenvalue weighted by atomic mass is 16.4. The highest BCUT2D eigenvalue weighted by Crippen LogP contribution is 2.49. The predicted molar refractivity (Wildman–Crippen MR) is 72.0 cm³/mol. The molecule has 1 aromatic carbocycles. The molecule has 3 rings (SSSR count). The molecular formula is C16H20O3. The molecule has 0 heterocycles. The van der Waals surface area contributed by atoms with E-state index in [1.54, 1.807) is 0 Å². The third kappa shape index (κ3) is 1.79. The molecule has 2 aliphatic rings. The van der Waals surface area contributed by atoms with Crippen LogP contribution >= 0.6 is 0 Å². The van der Waals surface area contributed by atoms with Gasteiger partial charge in [-0.25, -0.2) is 0 Å². The molecule has 0 radical (unpaired) electrons. The number of fused-ring (bicyclic) bond motifs is 1. The third-order valence-electron chi connectivity index (χ3n) is 5.03. The maximum Gasteiger partial charge on any atom is 0.314 e. The number of benzene rings is 1. The lowest BCUT2D eigenvalue weighted by molar-refractivity contribution is -0.149. The van der Waals surface area contributed by atoms with E-state index in [0.717, 1.165) is 43.2 Å². The quantitative estimate of drug-likeness (QED) is 0.859. The average molecular weight is 260 g/mol. The van der Waals surface area contributed by atoms with Crippen molar-refractivity contribution in [3.05, 3.63) is 35.4 Å². The van der Waals surface area contributed by atoms with Crippen molar-refractivity contribution in [3.63, 3.8) is 0 Å². The summed E-state index contributed by atoms with van der Waals surface area (Å²) in [6, 6.07) is 7.85. The van der Waals surface area contributed by atoms with Crippen molar-refractivity contribution in [2.24, 2.45) is 5.92 Å². The van der Waals surface area contributed by atoms with Gasteiger partial charge in [0.2, 0.25) is 0 Å². The van der Waals surface area contributed by atoms with Gasteiger partial charge < -0.3 is 10.2 Å². The normalized spacial score (nSPS) is 33.9. The van der Waals surface area contributed by atoms with Crippen molar-refractivity contribution < 1.29 is 15.0 Å². The lowest BCUT2D eigenvalue weighted by Gasteiger charge is -2.40. The first-order valence-electron chi connectivity index (χ1n) is 7.16. The lowest BCUT2D eigenvalue weighted by Crippen LogP contribution is -2.47. The molecule has 3 unspecified atom stereocenters. The first-order chi connectivity index (χ1) is 9.16. The second kappa shape index (κ2) is 4.64. The van der Waals surface area contributed by atoms with Gasteiger partial charge in [0.05, 0.1) is 11.5 Å². The van der Waals surface area contributed by atoms with Gasteiger partial charge in [0.15, 0.2) is 0 Å². The molecule has 0 bridgehead atoms. The number of hydrogen-bond donors (Lipinski definition) is 2. The number of carboxylic acids is 1. The Kier molecular flexibility index (Phi) is 3.09. The Labute approximate surface area is 113 Å². The first kappa shape index (κ1) is 12.7. The molecule has 3 atom stereocenters. The summed E-state index contributed by atoms with van der Waals surface area (Å²) >= 11 is 0. The van der Waals surface area contributed by atoms with E-state index < -0.39 is 17.5 Å². The number of hydrogen-bond acceptors (Lipinski definition) is 2. The Morgan fingerprint density at radius 2 is 1.95 bits per heavy atom. The van der Waals surface area contributed by atoms with Gasteiger partial charge in [-0.05, 0) is 36.8 Å². The molecule has 0 aliphatic heterocycles. The number of aryl methyl sites for hydroxylation is 1. The largest absolute Gasteiger partial charge is 0.481 e. The molecule has 2 N–H and O–H groups in total. The fourth-order valence-electron chi connectivity index (χ4n) is 4.09. The molecule has 0 saturated heterocycles. The number of aliphatic hydroxyl groups excluding tert-OH is 1. The van der Waals surface area contributed by atoms with E-state index in [4.69, 9.17) is 0 Å². The first-order valence-corrected chi connectivity index (χ1v) is 7.16. The average Bonchev–Trinajstić information content (AvgIpc) is 2.80. The van der Waals surface area contributed by atoms with Crippen LogP contribution in [0.5, 0.6) is 0 Å². The van der Waals surface area contributed by atoms with Crippen molar-refractivity contribution >= 4 is 5.97 Å². The number of rotatable bonds is 2. The topological polar surface area (TPSA) is 57.5 Å². The molecule has 19 heavy (non-hydrogen) atoms. The Morgan fingerprint density at radius 1 is 1.21 bits per heavy atom. The summed E-state index contributed by atoms with van der Waals surface area (Å²) < 4.78 is 0. The van der Waals surface area contributed by atoms with Gasteiger partial charge in [0, 0.05) is 5.92 Å². The van der Waals surface area contributed by atoms with E-state index in [1.807, 2.05) is 24.3 Å². The van der Waals surface area contributed by atoms with Crippen LogP contribution in [0.1, 0.15) is 43.2 Å². The van der Waals surface area contributed by atoms with Crippen LogP contribution in [0.25, 0.3) is 0 Å². The summed E-state index contributed by atoms with van der Waals surface area (Å²) in [5, 5.41) is 20.2. The second-order valence-corrected chi connectivity index (χ2v) is 5.89. The van der Waals surface area contributed by atoms with E-state index in [-0.39, 0.29) is 5.92 Å². The van der Waals surface area contributed by atoms with Gasteiger partial charge in [-0.15, -0.1) is 0 Å². The number of carboxylic acid groups (broad SMARTS) is 1. The minimum atomic E-state index is -0.865. The molecular weight excluding hydrogens is 240 g/mol. The highest BCUT2D eigenvalue weighted by Gasteiger charge is 2.53. The van der Waals surface area contributed by atoms with Gasteiger partial charge in [0.1, 0.15) is 0 Å². The van der Waals surface area contributed by atoms with Gasteiger partial charge in [-0.1, -0.05) is 37.1 Å². The van der Waals surface area contributed by atoms with Crippen LogP contribution in [-0.4, -0.2) is 22.3 Å². The Balaban J connectivity index is 2.09. The van der Waals surface area contributed by atoms with Gasteiger partial charge in [0.25, 0.3) is 0 Å². The van der Waals surface area contributed by atoms with Crippen molar-refractivity contribution in [2.75, 3.05) is 0 Å². The highest BCUT2D eigenvalue weighted by molar-refractivity contribution is 5.84. The Bertz CT molecular complexity index is 497.